The predicted octanol–water partition coefficient (Wildman–Crippen LogP) is 1.53. The lowest BCUT2D eigenvalue weighted by molar-refractivity contribution is -0.145. The first-order valence-electron chi connectivity index (χ1n) is 6.80. The molecule has 0 aromatic heterocycles. The molecule has 5 nitrogen and oxygen atoms in total. The van der Waals surface area contributed by atoms with Gasteiger partial charge >= 0.3 is 5.97 Å². The number of amides is 1. The molecule has 0 spiro atoms. The first kappa shape index (κ1) is 16.2. The fourth-order valence-corrected chi connectivity index (χ4v) is 2.87. The standard InChI is InChI=1S/C15H18INO4/c1-20-15(19)13(8-10-3-2-4-12(16)7-10)17-14(18)11-5-6-21-9-11/h2-4,7,11,13H,5-6,8-9H2,1H3,(H,17,18)/t11-,13-/m1/s1. The summed E-state index contributed by atoms with van der Waals surface area (Å²) < 4.78 is 11.1. The Morgan fingerprint density at radius 2 is 2.33 bits per heavy atom. The summed E-state index contributed by atoms with van der Waals surface area (Å²) >= 11 is 2.22. The van der Waals surface area contributed by atoms with E-state index in [1.807, 2.05) is 24.3 Å². The Morgan fingerprint density at radius 1 is 1.52 bits per heavy atom. The van der Waals surface area contributed by atoms with Crippen LogP contribution in [0.1, 0.15) is 12.0 Å². The van der Waals surface area contributed by atoms with Gasteiger partial charge in [-0.05, 0) is 46.7 Å². The van der Waals surface area contributed by atoms with E-state index in [1.54, 1.807) is 0 Å². The lowest BCUT2D eigenvalue weighted by Gasteiger charge is -2.18. The third-order valence-corrected chi connectivity index (χ3v) is 4.10. The van der Waals surface area contributed by atoms with Crippen LogP contribution in [0.3, 0.4) is 0 Å². The van der Waals surface area contributed by atoms with Gasteiger partial charge in [0.05, 0.1) is 19.6 Å². The van der Waals surface area contributed by atoms with E-state index in [4.69, 9.17) is 9.47 Å². The average Bonchev–Trinajstić information content (AvgIpc) is 3.00. The highest BCUT2D eigenvalue weighted by Gasteiger charge is 2.28. The molecule has 1 aliphatic rings. The van der Waals surface area contributed by atoms with Crippen LogP contribution < -0.4 is 5.32 Å². The van der Waals surface area contributed by atoms with Crippen molar-refractivity contribution < 1.29 is 19.1 Å². The highest BCUT2D eigenvalue weighted by atomic mass is 127. The van der Waals surface area contributed by atoms with Gasteiger partial charge in [0.2, 0.25) is 5.91 Å². The summed E-state index contributed by atoms with van der Waals surface area (Å²) in [6.07, 6.45) is 1.12. The van der Waals surface area contributed by atoms with Gasteiger partial charge in [-0.3, -0.25) is 4.79 Å². The van der Waals surface area contributed by atoms with E-state index in [1.165, 1.54) is 7.11 Å². The highest BCUT2D eigenvalue weighted by molar-refractivity contribution is 14.1. The molecule has 2 rings (SSSR count). The molecule has 2 atom stereocenters. The number of ether oxygens (including phenoxy) is 2. The van der Waals surface area contributed by atoms with Crippen LogP contribution in [0.5, 0.6) is 0 Å². The molecule has 0 bridgehead atoms. The fourth-order valence-electron chi connectivity index (χ4n) is 2.27. The molecule has 0 aliphatic carbocycles. The number of nitrogens with one attached hydrogen (secondary N) is 1. The first-order chi connectivity index (χ1) is 10.1. The van der Waals surface area contributed by atoms with E-state index >= 15 is 0 Å². The second-order valence-electron chi connectivity index (χ2n) is 4.98. The van der Waals surface area contributed by atoms with Gasteiger partial charge in [-0.25, -0.2) is 4.79 Å². The number of carbonyl (C=O) groups excluding carboxylic acids is 2. The van der Waals surface area contributed by atoms with Crippen LogP contribution in [0.2, 0.25) is 0 Å². The minimum absolute atomic E-state index is 0.145. The van der Waals surface area contributed by atoms with E-state index in [0.29, 0.717) is 26.1 Å². The highest BCUT2D eigenvalue weighted by Crippen LogP contribution is 2.14. The Kier molecular flexibility index (Phi) is 5.98. The Hall–Kier alpha value is -1.15. The summed E-state index contributed by atoms with van der Waals surface area (Å²) in [7, 11) is 1.33. The largest absolute Gasteiger partial charge is 0.467 e. The van der Waals surface area contributed by atoms with Crippen LogP contribution in [0.25, 0.3) is 0 Å². The third kappa shape index (κ3) is 4.67. The van der Waals surface area contributed by atoms with Crippen LogP contribution in [0.4, 0.5) is 0 Å². The molecule has 0 unspecified atom stereocenters. The zero-order valence-corrected chi connectivity index (χ0v) is 14.0. The van der Waals surface area contributed by atoms with Crippen molar-refractivity contribution in [1.82, 2.24) is 5.32 Å². The molecule has 1 aromatic rings. The fraction of sp³-hybridized carbons (Fsp3) is 0.467. The summed E-state index contributed by atoms with van der Waals surface area (Å²) in [5.41, 5.74) is 0.986. The number of hydrogen-bond acceptors (Lipinski definition) is 4. The van der Waals surface area contributed by atoms with Crippen molar-refractivity contribution in [1.29, 1.82) is 0 Å². The van der Waals surface area contributed by atoms with E-state index in [2.05, 4.69) is 27.9 Å². The van der Waals surface area contributed by atoms with Crippen LogP contribution in [0, 0.1) is 9.49 Å². The zero-order valence-electron chi connectivity index (χ0n) is 11.8. The number of carbonyl (C=O) groups is 2. The molecule has 1 aromatic carbocycles. The molecule has 0 saturated carbocycles. The Balaban J connectivity index is 2.03. The van der Waals surface area contributed by atoms with Gasteiger partial charge in [0, 0.05) is 16.6 Å². The van der Waals surface area contributed by atoms with Crippen LogP contribution in [-0.4, -0.2) is 38.2 Å². The summed E-state index contributed by atoms with van der Waals surface area (Å²) in [4.78, 5) is 24.0. The summed E-state index contributed by atoms with van der Waals surface area (Å²) in [6.45, 7) is 1.01. The zero-order chi connectivity index (χ0) is 15.2. The van der Waals surface area contributed by atoms with Gasteiger partial charge in [0.1, 0.15) is 6.04 Å². The van der Waals surface area contributed by atoms with Crippen molar-refractivity contribution in [3.05, 3.63) is 33.4 Å². The second kappa shape index (κ2) is 7.74. The number of halogens is 1. The molecule has 0 radical (unpaired) electrons. The van der Waals surface area contributed by atoms with Crippen molar-refractivity contribution in [2.24, 2.45) is 5.92 Å². The van der Waals surface area contributed by atoms with E-state index in [0.717, 1.165) is 9.13 Å². The van der Waals surface area contributed by atoms with Crippen molar-refractivity contribution in [3.63, 3.8) is 0 Å². The van der Waals surface area contributed by atoms with Crippen LogP contribution in [-0.2, 0) is 25.5 Å². The molecule has 1 saturated heterocycles. The van der Waals surface area contributed by atoms with Crippen LogP contribution in [0.15, 0.2) is 24.3 Å². The first-order valence-corrected chi connectivity index (χ1v) is 7.88. The monoisotopic (exact) mass is 403 g/mol. The summed E-state index contributed by atoms with van der Waals surface area (Å²) in [5.74, 6) is -0.747. The number of benzene rings is 1. The van der Waals surface area contributed by atoms with E-state index in [-0.39, 0.29) is 11.8 Å². The predicted molar refractivity (Wildman–Crippen MR) is 85.7 cm³/mol. The molecule has 1 aliphatic heterocycles. The molecular formula is C15H18INO4. The lowest BCUT2D eigenvalue weighted by Crippen LogP contribution is -2.45. The van der Waals surface area contributed by atoms with Gasteiger partial charge in [0.25, 0.3) is 0 Å². The van der Waals surface area contributed by atoms with Crippen molar-refractivity contribution in [2.75, 3.05) is 20.3 Å². The van der Waals surface area contributed by atoms with Gasteiger partial charge in [-0.15, -0.1) is 0 Å². The minimum Gasteiger partial charge on any atom is -0.467 e. The van der Waals surface area contributed by atoms with Gasteiger partial charge in [0.15, 0.2) is 0 Å². The molecule has 1 fully saturated rings. The quantitative estimate of drug-likeness (QED) is 0.599. The minimum atomic E-state index is -0.665. The number of hydrogen-bond donors (Lipinski definition) is 1. The maximum atomic E-state index is 12.1. The molecule has 1 N–H and O–H groups in total. The van der Waals surface area contributed by atoms with Crippen LogP contribution >= 0.6 is 22.6 Å². The SMILES string of the molecule is COC(=O)[C@@H](Cc1cccc(I)c1)NC(=O)[C@@H]1CCOC1. The van der Waals surface area contributed by atoms with Crippen molar-refractivity contribution >= 4 is 34.5 Å². The number of methoxy groups -OCH3 is 1. The number of rotatable bonds is 5. The molecule has 1 heterocycles. The second-order valence-corrected chi connectivity index (χ2v) is 6.22. The summed E-state index contributed by atoms with van der Waals surface area (Å²) in [6, 6.07) is 7.16. The maximum absolute atomic E-state index is 12.1. The lowest BCUT2D eigenvalue weighted by atomic mass is 10.0. The smallest absolute Gasteiger partial charge is 0.328 e. The average molecular weight is 403 g/mol. The maximum Gasteiger partial charge on any atom is 0.328 e. The topological polar surface area (TPSA) is 64.6 Å². The van der Waals surface area contributed by atoms with E-state index in [9.17, 15) is 9.59 Å². The Bertz CT molecular complexity index is 514. The van der Waals surface area contributed by atoms with Crippen molar-refractivity contribution in [3.8, 4) is 0 Å². The Labute approximate surface area is 137 Å². The van der Waals surface area contributed by atoms with Gasteiger partial charge in [-0.2, -0.15) is 0 Å². The molecule has 6 heteroatoms. The molecule has 21 heavy (non-hydrogen) atoms. The normalized spacial score (nSPS) is 19.0. The van der Waals surface area contributed by atoms with Crippen molar-refractivity contribution in [2.45, 2.75) is 18.9 Å². The molecule has 1 amide bonds. The molecule has 114 valence electrons. The molecular weight excluding hydrogens is 385 g/mol. The summed E-state index contributed by atoms with van der Waals surface area (Å²) in [5, 5.41) is 2.78. The third-order valence-electron chi connectivity index (χ3n) is 3.43. The van der Waals surface area contributed by atoms with Gasteiger partial charge in [-0.1, -0.05) is 12.1 Å². The number of esters is 1. The van der Waals surface area contributed by atoms with E-state index < -0.39 is 12.0 Å². The van der Waals surface area contributed by atoms with Gasteiger partial charge < -0.3 is 14.8 Å². The Morgan fingerprint density at radius 3 is 2.95 bits per heavy atom.